The van der Waals surface area contributed by atoms with Gasteiger partial charge in [0.15, 0.2) is 11.5 Å². The number of hydrogen-bond donors (Lipinski definition) is 1. The van der Waals surface area contributed by atoms with Crippen molar-refractivity contribution in [1.82, 2.24) is 14.6 Å². The van der Waals surface area contributed by atoms with Gasteiger partial charge in [-0.15, -0.1) is 0 Å². The van der Waals surface area contributed by atoms with Gasteiger partial charge in [-0.1, -0.05) is 6.07 Å². The van der Waals surface area contributed by atoms with Gasteiger partial charge in [-0.2, -0.15) is 5.10 Å². The molecule has 16 heavy (non-hydrogen) atoms. The number of fused-ring (bicyclic) bond motifs is 1. The van der Waals surface area contributed by atoms with Gasteiger partial charge in [0, 0.05) is 12.1 Å². The Labute approximate surface area is 93.9 Å². The number of aliphatic hydroxyl groups excluding tert-OH is 1. The molecule has 3 rings (SSSR count). The van der Waals surface area contributed by atoms with Crippen molar-refractivity contribution in [2.75, 3.05) is 0 Å². The second kappa shape index (κ2) is 3.87. The van der Waals surface area contributed by atoms with Gasteiger partial charge in [-0.25, -0.2) is 9.50 Å². The SMILES string of the molecule is OC1CCC(c2nc3ccccn3n2)CC1. The molecular formula is C12H15N3O. The smallest absolute Gasteiger partial charge is 0.155 e. The molecule has 1 aliphatic rings. The first-order valence-corrected chi connectivity index (χ1v) is 5.82. The molecule has 1 fully saturated rings. The maximum atomic E-state index is 9.47. The molecule has 1 aliphatic carbocycles. The summed E-state index contributed by atoms with van der Waals surface area (Å²) < 4.78 is 1.82. The molecule has 0 amide bonds. The van der Waals surface area contributed by atoms with Crippen LogP contribution in [-0.4, -0.2) is 25.8 Å². The van der Waals surface area contributed by atoms with Gasteiger partial charge in [0.1, 0.15) is 0 Å². The highest BCUT2D eigenvalue weighted by atomic mass is 16.3. The van der Waals surface area contributed by atoms with Gasteiger partial charge in [-0.05, 0) is 37.8 Å². The molecule has 0 unspecified atom stereocenters. The van der Waals surface area contributed by atoms with Crippen molar-refractivity contribution < 1.29 is 5.11 Å². The maximum absolute atomic E-state index is 9.47. The lowest BCUT2D eigenvalue weighted by Gasteiger charge is -2.22. The molecule has 2 heterocycles. The molecule has 2 aromatic rings. The normalized spacial score (nSPS) is 26.1. The molecule has 4 heteroatoms. The van der Waals surface area contributed by atoms with Crippen molar-refractivity contribution in [3.8, 4) is 0 Å². The van der Waals surface area contributed by atoms with Crippen LogP contribution in [-0.2, 0) is 0 Å². The van der Waals surface area contributed by atoms with Crippen LogP contribution in [0.25, 0.3) is 5.65 Å². The predicted molar refractivity (Wildman–Crippen MR) is 60.2 cm³/mol. The molecule has 0 aliphatic heterocycles. The van der Waals surface area contributed by atoms with Gasteiger partial charge in [0.2, 0.25) is 0 Å². The number of aliphatic hydroxyl groups is 1. The molecule has 84 valence electrons. The Balaban J connectivity index is 1.88. The van der Waals surface area contributed by atoms with Gasteiger partial charge in [0.25, 0.3) is 0 Å². The van der Waals surface area contributed by atoms with Crippen LogP contribution in [0.2, 0.25) is 0 Å². The highest BCUT2D eigenvalue weighted by Crippen LogP contribution is 2.31. The van der Waals surface area contributed by atoms with Crippen molar-refractivity contribution in [2.24, 2.45) is 0 Å². The van der Waals surface area contributed by atoms with E-state index in [1.807, 2.05) is 28.9 Å². The highest BCUT2D eigenvalue weighted by molar-refractivity contribution is 5.36. The van der Waals surface area contributed by atoms with Crippen molar-refractivity contribution >= 4 is 5.65 Å². The van der Waals surface area contributed by atoms with E-state index in [4.69, 9.17) is 0 Å². The first kappa shape index (κ1) is 9.78. The molecule has 1 saturated carbocycles. The van der Waals surface area contributed by atoms with Crippen LogP contribution in [0, 0.1) is 0 Å². The number of nitrogens with zero attached hydrogens (tertiary/aromatic N) is 3. The van der Waals surface area contributed by atoms with Crippen LogP contribution >= 0.6 is 0 Å². The van der Waals surface area contributed by atoms with E-state index in [0.29, 0.717) is 5.92 Å². The third-order valence-electron chi connectivity index (χ3n) is 3.32. The maximum Gasteiger partial charge on any atom is 0.155 e. The molecule has 0 atom stereocenters. The molecule has 0 bridgehead atoms. The standard InChI is InChI=1S/C12H15N3O/c16-10-6-4-9(5-7-10)12-13-11-3-1-2-8-15(11)14-12/h1-3,8-10,16H,4-7H2. The average molecular weight is 217 g/mol. The monoisotopic (exact) mass is 217 g/mol. The highest BCUT2D eigenvalue weighted by Gasteiger charge is 2.23. The van der Waals surface area contributed by atoms with E-state index in [-0.39, 0.29) is 6.10 Å². The summed E-state index contributed by atoms with van der Waals surface area (Å²) in [7, 11) is 0. The molecule has 0 saturated heterocycles. The Morgan fingerprint density at radius 1 is 1.19 bits per heavy atom. The van der Waals surface area contributed by atoms with Crippen LogP contribution in [0.4, 0.5) is 0 Å². The lowest BCUT2D eigenvalue weighted by atomic mass is 9.87. The molecule has 0 spiro atoms. The first-order chi connectivity index (χ1) is 7.83. The van der Waals surface area contributed by atoms with Gasteiger partial charge < -0.3 is 5.11 Å². The second-order valence-corrected chi connectivity index (χ2v) is 4.48. The lowest BCUT2D eigenvalue weighted by molar-refractivity contribution is 0.121. The molecule has 2 aromatic heterocycles. The molecular weight excluding hydrogens is 202 g/mol. The molecule has 0 aromatic carbocycles. The second-order valence-electron chi connectivity index (χ2n) is 4.48. The van der Waals surface area contributed by atoms with Crippen LogP contribution < -0.4 is 0 Å². The Morgan fingerprint density at radius 3 is 2.75 bits per heavy atom. The molecule has 4 nitrogen and oxygen atoms in total. The Hall–Kier alpha value is -1.42. The van der Waals surface area contributed by atoms with Crippen molar-refractivity contribution in [3.63, 3.8) is 0 Å². The van der Waals surface area contributed by atoms with Crippen molar-refractivity contribution in [3.05, 3.63) is 30.2 Å². The quantitative estimate of drug-likeness (QED) is 0.791. The largest absolute Gasteiger partial charge is 0.393 e. The summed E-state index contributed by atoms with van der Waals surface area (Å²) in [6.07, 6.45) is 5.55. The summed E-state index contributed by atoms with van der Waals surface area (Å²) in [5.74, 6) is 1.35. The fourth-order valence-electron chi connectivity index (χ4n) is 2.36. The zero-order valence-electron chi connectivity index (χ0n) is 9.08. The number of aromatic nitrogens is 3. The molecule has 1 N–H and O–H groups in total. The fourth-order valence-corrected chi connectivity index (χ4v) is 2.36. The van der Waals surface area contributed by atoms with Gasteiger partial charge in [0.05, 0.1) is 6.10 Å². The number of pyridine rings is 1. The summed E-state index contributed by atoms with van der Waals surface area (Å²) in [4.78, 5) is 4.53. The van der Waals surface area contributed by atoms with E-state index in [0.717, 1.165) is 37.2 Å². The fraction of sp³-hybridized carbons (Fsp3) is 0.500. The van der Waals surface area contributed by atoms with E-state index in [1.165, 1.54) is 0 Å². The van der Waals surface area contributed by atoms with Crippen molar-refractivity contribution in [1.29, 1.82) is 0 Å². The van der Waals surface area contributed by atoms with Crippen LogP contribution in [0.15, 0.2) is 24.4 Å². The predicted octanol–water partition coefficient (Wildman–Crippen LogP) is 1.75. The minimum atomic E-state index is -0.117. The van der Waals surface area contributed by atoms with Crippen molar-refractivity contribution in [2.45, 2.75) is 37.7 Å². The third-order valence-corrected chi connectivity index (χ3v) is 3.32. The Bertz CT molecular complexity index is 453. The van der Waals surface area contributed by atoms with Gasteiger partial charge >= 0.3 is 0 Å². The zero-order chi connectivity index (χ0) is 11.0. The Kier molecular flexibility index (Phi) is 2.36. The number of hydrogen-bond acceptors (Lipinski definition) is 3. The Morgan fingerprint density at radius 2 is 2.00 bits per heavy atom. The average Bonchev–Trinajstić information content (AvgIpc) is 2.73. The minimum absolute atomic E-state index is 0.117. The zero-order valence-corrected chi connectivity index (χ0v) is 9.08. The van der Waals surface area contributed by atoms with E-state index in [1.54, 1.807) is 0 Å². The summed E-state index contributed by atoms with van der Waals surface area (Å²) in [5.41, 5.74) is 0.906. The van der Waals surface area contributed by atoms with E-state index in [2.05, 4.69) is 10.1 Å². The summed E-state index contributed by atoms with van der Waals surface area (Å²) in [5, 5.41) is 14.0. The van der Waals surface area contributed by atoms with E-state index in [9.17, 15) is 5.11 Å². The number of rotatable bonds is 1. The third kappa shape index (κ3) is 1.69. The van der Waals surface area contributed by atoms with Crippen LogP contribution in [0.3, 0.4) is 0 Å². The topological polar surface area (TPSA) is 50.4 Å². The van der Waals surface area contributed by atoms with Crippen LogP contribution in [0.5, 0.6) is 0 Å². The van der Waals surface area contributed by atoms with Crippen LogP contribution in [0.1, 0.15) is 37.4 Å². The summed E-state index contributed by atoms with van der Waals surface area (Å²) in [6.45, 7) is 0. The van der Waals surface area contributed by atoms with E-state index < -0.39 is 0 Å². The first-order valence-electron chi connectivity index (χ1n) is 5.82. The summed E-state index contributed by atoms with van der Waals surface area (Å²) in [6, 6.07) is 5.89. The van der Waals surface area contributed by atoms with E-state index >= 15 is 0 Å². The lowest BCUT2D eigenvalue weighted by Crippen LogP contribution is -2.17. The summed E-state index contributed by atoms with van der Waals surface area (Å²) >= 11 is 0. The van der Waals surface area contributed by atoms with Gasteiger partial charge in [-0.3, -0.25) is 0 Å². The minimum Gasteiger partial charge on any atom is -0.393 e. The molecule has 0 radical (unpaired) electrons.